The number of hydrogen-bond donors (Lipinski definition) is 3. The number of likely N-dealkylation sites (N-methyl/N-ethyl adjacent to an activating group) is 1. The second-order valence-electron chi connectivity index (χ2n) is 7.60. The number of pyridine rings is 1. The van der Waals surface area contributed by atoms with E-state index in [0.717, 1.165) is 11.6 Å². The maximum Gasteiger partial charge on any atom is 0.339 e. The number of halogens is 1. The molecule has 2 aromatic carbocycles. The van der Waals surface area contributed by atoms with E-state index in [1.165, 1.54) is 30.2 Å². The van der Waals surface area contributed by atoms with Crippen molar-refractivity contribution in [2.45, 2.75) is 19.4 Å². The van der Waals surface area contributed by atoms with E-state index >= 15 is 0 Å². The molecular formula is C23H22FN3O5. The van der Waals surface area contributed by atoms with E-state index in [-0.39, 0.29) is 28.2 Å². The third-order valence-electron chi connectivity index (χ3n) is 4.96. The van der Waals surface area contributed by atoms with Crippen LogP contribution in [0.1, 0.15) is 38.8 Å². The third-order valence-corrected chi connectivity index (χ3v) is 4.96. The molecule has 0 fully saturated rings. The number of aromatic carboxylic acids is 1. The molecule has 0 unspecified atom stereocenters. The van der Waals surface area contributed by atoms with Gasteiger partial charge in [-0.05, 0) is 48.7 Å². The molecule has 0 aliphatic carbocycles. The molecule has 3 aromatic rings. The number of carbonyl (C=O) groups excluding carboxylic acids is 2. The van der Waals surface area contributed by atoms with Gasteiger partial charge in [-0.15, -0.1) is 0 Å². The molecule has 1 atom stereocenters. The zero-order valence-corrected chi connectivity index (χ0v) is 17.7. The average molecular weight is 439 g/mol. The highest BCUT2D eigenvalue weighted by Crippen LogP contribution is 2.31. The molecule has 0 aliphatic rings. The maximum absolute atomic E-state index is 13.2. The van der Waals surface area contributed by atoms with E-state index in [1.54, 1.807) is 32.3 Å². The molecule has 0 spiro atoms. The van der Waals surface area contributed by atoms with Crippen LogP contribution in [-0.2, 0) is 11.2 Å². The molecule has 3 rings (SSSR count). The number of amides is 2. The second kappa shape index (κ2) is 9.01. The molecule has 2 amide bonds. The molecule has 8 nitrogen and oxygen atoms in total. The number of carboxylic acids is 1. The van der Waals surface area contributed by atoms with Crippen molar-refractivity contribution in [2.24, 2.45) is 0 Å². The van der Waals surface area contributed by atoms with E-state index in [1.807, 2.05) is 0 Å². The minimum Gasteiger partial charge on any atom is -0.505 e. The molecule has 0 radical (unpaired) electrons. The summed E-state index contributed by atoms with van der Waals surface area (Å²) in [6.07, 6.45) is 1.83. The van der Waals surface area contributed by atoms with Crippen molar-refractivity contribution in [2.75, 3.05) is 14.1 Å². The lowest BCUT2D eigenvalue weighted by molar-refractivity contribution is -0.130. The second-order valence-corrected chi connectivity index (χ2v) is 7.60. The monoisotopic (exact) mass is 439 g/mol. The first-order valence-electron chi connectivity index (χ1n) is 9.72. The zero-order chi connectivity index (χ0) is 23.6. The first kappa shape index (κ1) is 22.7. The molecule has 1 heterocycles. The maximum atomic E-state index is 13.2. The number of fused-ring (bicyclic) bond motifs is 1. The highest BCUT2D eigenvalue weighted by Gasteiger charge is 2.24. The van der Waals surface area contributed by atoms with Gasteiger partial charge in [0.2, 0.25) is 5.91 Å². The summed E-state index contributed by atoms with van der Waals surface area (Å²) >= 11 is 0. The lowest BCUT2D eigenvalue weighted by atomic mass is 9.98. The van der Waals surface area contributed by atoms with Gasteiger partial charge in [0.1, 0.15) is 22.9 Å². The van der Waals surface area contributed by atoms with Crippen molar-refractivity contribution < 1.29 is 29.0 Å². The van der Waals surface area contributed by atoms with Gasteiger partial charge in [-0.25, -0.2) is 9.18 Å². The first-order chi connectivity index (χ1) is 15.1. The summed E-state index contributed by atoms with van der Waals surface area (Å²) in [4.78, 5) is 42.2. The molecule has 0 saturated heterocycles. The number of aromatic hydroxyl groups is 1. The fourth-order valence-corrected chi connectivity index (χ4v) is 3.33. The molecule has 32 heavy (non-hydrogen) atoms. The Balaban J connectivity index is 2.08. The SMILES string of the molecule is C[C@H](NC(=O)c1cc(C(=O)O)c(O)c2ncc(Cc3ccc(F)cc3)cc12)C(=O)N(C)C. The van der Waals surface area contributed by atoms with Crippen LogP contribution in [-0.4, -0.2) is 58.0 Å². The van der Waals surface area contributed by atoms with Crippen molar-refractivity contribution in [3.05, 3.63) is 70.7 Å². The molecule has 0 aliphatic heterocycles. The lowest BCUT2D eigenvalue weighted by Crippen LogP contribution is -2.44. The Morgan fingerprint density at radius 3 is 2.34 bits per heavy atom. The average Bonchev–Trinajstić information content (AvgIpc) is 2.74. The fourth-order valence-electron chi connectivity index (χ4n) is 3.33. The van der Waals surface area contributed by atoms with E-state index in [2.05, 4.69) is 10.3 Å². The Bertz CT molecular complexity index is 1210. The van der Waals surface area contributed by atoms with Crippen molar-refractivity contribution in [1.29, 1.82) is 0 Å². The topological polar surface area (TPSA) is 120 Å². The van der Waals surface area contributed by atoms with Crippen molar-refractivity contribution in [3.63, 3.8) is 0 Å². The summed E-state index contributed by atoms with van der Waals surface area (Å²) in [7, 11) is 3.10. The number of nitrogens with zero attached hydrogens (tertiary/aromatic N) is 2. The molecule has 3 N–H and O–H groups in total. The quantitative estimate of drug-likeness (QED) is 0.543. The highest BCUT2D eigenvalue weighted by atomic mass is 19.1. The van der Waals surface area contributed by atoms with Crippen LogP contribution in [0.25, 0.3) is 10.9 Å². The minimum atomic E-state index is -1.42. The van der Waals surface area contributed by atoms with Gasteiger partial charge in [-0.3, -0.25) is 14.6 Å². The van der Waals surface area contributed by atoms with E-state index < -0.39 is 29.2 Å². The third kappa shape index (κ3) is 4.66. The molecular weight excluding hydrogens is 417 g/mol. The summed E-state index contributed by atoms with van der Waals surface area (Å²) in [6, 6.07) is 7.72. The standard InChI is InChI=1S/C23H22FN3O5/c1-12(22(30)27(2)3)26-21(29)17-10-18(23(31)32)20(28)19-16(17)9-14(11-25-19)8-13-4-6-15(24)7-5-13/h4-7,9-12,28H,8H2,1-3H3,(H,26,29)(H,31,32)/t12-/m0/s1. The Hall–Kier alpha value is -4.01. The van der Waals surface area contributed by atoms with Crippen LogP contribution in [0.3, 0.4) is 0 Å². The van der Waals surface area contributed by atoms with Crippen molar-refractivity contribution in [1.82, 2.24) is 15.2 Å². The minimum absolute atomic E-state index is 0.0398. The summed E-state index contributed by atoms with van der Waals surface area (Å²) in [5.74, 6) is -3.37. The smallest absolute Gasteiger partial charge is 0.339 e. The van der Waals surface area contributed by atoms with Crippen LogP contribution < -0.4 is 5.32 Å². The van der Waals surface area contributed by atoms with Crippen molar-refractivity contribution >= 4 is 28.7 Å². The van der Waals surface area contributed by atoms with Crippen LogP contribution in [0.4, 0.5) is 4.39 Å². The van der Waals surface area contributed by atoms with Gasteiger partial charge in [0.25, 0.3) is 5.91 Å². The number of nitrogens with one attached hydrogen (secondary N) is 1. The Labute approximate surface area is 183 Å². The van der Waals surface area contributed by atoms with E-state index in [9.17, 15) is 29.0 Å². The summed E-state index contributed by atoms with van der Waals surface area (Å²) in [6.45, 7) is 1.51. The fraction of sp³-hybridized carbons (Fsp3) is 0.217. The van der Waals surface area contributed by atoms with Crippen LogP contribution in [0.2, 0.25) is 0 Å². The van der Waals surface area contributed by atoms with Gasteiger partial charge in [0.15, 0.2) is 5.75 Å². The van der Waals surface area contributed by atoms with Gasteiger partial charge in [0, 0.05) is 31.2 Å². The lowest BCUT2D eigenvalue weighted by Gasteiger charge is -2.19. The van der Waals surface area contributed by atoms with E-state index in [0.29, 0.717) is 12.0 Å². The molecule has 0 saturated carbocycles. The number of aromatic nitrogens is 1. The summed E-state index contributed by atoms with van der Waals surface area (Å²) in [5.41, 5.74) is 0.896. The van der Waals surface area contributed by atoms with Crippen LogP contribution in [0, 0.1) is 5.82 Å². The Morgan fingerprint density at radius 2 is 1.75 bits per heavy atom. The molecule has 9 heteroatoms. The first-order valence-corrected chi connectivity index (χ1v) is 9.72. The largest absolute Gasteiger partial charge is 0.505 e. The van der Waals surface area contributed by atoms with Crippen LogP contribution >= 0.6 is 0 Å². The highest BCUT2D eigenvalue weighted by molar-refractivity contribution is 6.12. The molecule has 0 bridgehead atoms. The zero-order valence-electron chi connectivity index (χ0n) is 17.7. The number of benzene rings is 2. The van der Waals surface area contributed by atoms with Crippen LogP contribution in [0.15, 0.2) is 42.6 Å². The van der Waals surface area contributed by atoms with Gasteiger partial charge in [0.05, 0.1) is 0 Å². The normalized spacial score (nSPS) is 11.8. The van der Waals surface area contributed by atoms with Gasteiger partial charge >= 0.3 is 5.97 Å². The summed E-state index contributed by atoms with van der Waals surface area (Å²) in [5, 5.41) is 22.6. The van der Waals surface area contributed by atoms with Gasteiger partial charge in [-0.2, -0.15) is 0 Å². The number of carboxylic acid groups (broad SMARTS) is 1. The van der Waals surface area contributed by atoms with Gasteiger partial charge < -0.3 is 20.4 Å². The summed E-state index contributed by atoms with van der Waals surface area (Å²) < 4.78 is 13.2. The van der Waals surface area contributed by atoms with Gasteiger partial charge in [-0.1, -0.05) is 12.1 Å². The molecule has 1 aromatic heterocycles. The van der Waals surface area contributed by atoms with E-state index in [4.69, 9.17) is 0 Å². The van der Waals surface area contributed by atoms with Crippen LogP contribution in [0.5, 0.6) is 5.75 Å². The van der Waals surface area contributed by atoms with Crippen molar-refractivity contribution in [3.8, 4) is 5.75 Å². The Morgan fingerprint density at radius 1 is 1.09 bits per heavy atom. The predicted molar refractivity (Wildman–Crippen MR) is 115 cm³/mol. The molecule has 166 valence electrons. The number of carbonyl (C=O) groups is 3. The number of phenols is 1. The Kier molecular flexibility index (Phi) is 6.38. The number of hydrogen-bond acceptors (Lipinski definition) is 5. The number of rotatable bonds is 6. The predicted octanol–water partition coefficient (Wildman–Crippen LogP) is 2.58.